The first kappa shape index (κ1) is 17.2. The Kier molecular flexibility index (Phi) is 5.14. The third-order valence-corrected chi connectivity index (χ3v) is 4.84. The highest BCUT2D eigenvalue weighted by Gasteiger charge is 2.12. The van der Waals surface area contributed by atoms with E-state index in [0.717, 1.165) is 39.0 Å². The quantitative estimate of drug-likeness (QED) is 0.501. The maximum atomic E-state index is 11.1. The van der Waals surface area contributed by atoms with Crippen LogP contribution in [0.15, 0.2) is 30.9 Å². The molecule has 6 nitrogen and oxygen atoms in total. The molecule has 0 fully saturated rings. The number of hydrogen-bond acceptors (Lipinski definition) is 6. The van der Waals surface area contributed by atoms with Crippen molar-refractivity contribution in [2.24, 2.45) is 0 Å². The Morgan fingerprint density at radius 3 is 3.04 bits per heavy atom. The second-order valence-electron chi connectivity index (χ2n) is 5.55. The van der Waals surface area contributed by atoms with E-state index < -0.39 is 0 Å². The van der Waals surface area contributed by atoms with Gasteiger partial charge in [0.2, 0.25) is 5.91 Å². The molecular weight excluding hydrogens is 336 g/mol. The zero-order chi connectivity index (χ0) is 17.8. The molecule has 0 unspecified atom stereocenters. The molecule has 0 radical (unpaired) electrons. The van der Waals surface area contributed by atoms with Crippen molar-refractivity contribution in [3.05, 3.63) is 35.9 Å². The first-order valence-electron chi connectivity index (χ1n) is 8.14. The number of nitrogens with zero attached hydrogens (tertiary/aromatic N) is 2. The van der Waals surface area contributed by atoms with E-state index in [-0.39, 0.29) is 5.91 Å². The van der Waals surface area contributed by atoms with Crippen LogP contribution < -0.4 is 15.8 Å². The van der Waals surface area contributed by atoms with Crippen LogP contribution >= 0.6 is 11.3 Å². The lowest BCUT2D eigenvalue weighted by Gasteiger charge is -2.08. The third-order valence-electron chi connectivity index (χ3n) is 3.69. The minimum atomic E-state index is -0.216. The van der Waals surface area contributed by atoms with Crippen molar-refractivity contribution in [1.29, 1.82) is 0 Å². The molecular formula is C18H20N4O2S. The van der Waals surface area contributed by atoms with Gasteiger partial charge in [-0.1, -0.05) is 13.5 Å². The Hall–Kier alpha value is -2.67. The number of fused-ring (bicyclic) bond motifs is 3. The first-order valence-corrected chi connectivity index (χ1v) is 8.95. The van der Waals surface area contributed by atoms with Crippen molar-refractivity contribution in [2.45, 2.75) is 19.8 Å². The molecule has 2 heterocycles. The van der Waals surface area contributed by atoms with Crippen molar-refractivity contribution < 1.29 is 9.53 Å². The largest absolute Gasteiger partial charge is 0.492 e. The molecule has 130 valence electrons. The maximum Gasteiger partial charge on any atom is 0.243 e. The molecule has 1 amide bonds. The van der Waals surface area contributed by atoms with Crippen LogP contribution in [0.1, 0.15) is 18.4 Å². The number of nitrogen functional groups attached to an aromatic ring is 1. The summed E-state index contributed by atoms with van der Waals surface area (Å²) in [5.41, 5.74) is 7.65. The summed E-state index contributed by atoms with van der Waals surface area (Å²) in [5, 5.41) is 4.77. The number of amides is 1. The summed E-state index contributed by atoms with van der Waals surface area (Å²) in [6, 6.07) is 5.74. The summed E-state index contributed by atoms with van der Waals surface area (Å²) in [6.45, 7) is 6.31. The van der Waals surface area contributed by atoms with Crippen LogP contribution in [0.4, 0.5) is 5.82 Å². The molecule has 3 N–H and O–H groups in total. The third kappa shape index (κ3) is 3.71. The lowest BCUT2D eigenvalue weighted by Crippen LogP contribution is -2.26. The Balaban J connectivity index is 1.84. The summed E-state index contributed by atoms with van der Waals surface area (Å²) in [5.74, 6) is 0.911. The molecule has 3 rings (SSSR count). The van der Waals surface area contributed by atoms with Crippen molar-refractivity contribution in [1.82, 2.24) is 15.3 Å². The Labute approximate surface area is 149 Å². The van der Waals surface area contributed by atoms with Crippen LogP contribution in [-0.4, -0.2) is 29.0 Å². The van der Waals surface area contributed by atoms with Crippen LogP contribution in [0, 0.1) is 0 Å². The average molecular weight is 356 g/mol. The van der Waals surface area contributed by atoms with E-state index in [2.05, 4.69) is 28.8 Å². The van der Waals surface area contributed by atoms with Gasteiger partial charge in [-0.2, -0.15) is 0 Å². The van der Waals surface area contributed by atoms with Gasteiger partial charge in [-0.25, -0.2) is 9.97 Å². The molecule has 1 aromatic carbocycles. The van der Waals surface area contributed by atoms with Crippen molar-refractivity contribution >= 4 is 44.2 Å². The lowest BCUT2D eigenvalue weighted by molar-refractivity contribution is -0.116. The number of thiazole rings is 1. The van der Waals surface area contributed by atoms with Crippen LogP contribution in [-0.2, 0) is 11.2 Å². The predicted octanol–water partition coefficient (Wildman–Crippen LogP) is 3.06. The molecule has 25 heavy (non-hydrogen) atoms. The Morgan fingerprint density at radius 2 is 2.28 bits per heavy atom. The second-order valence-corrected chi connectivity index (χ2v) is 6.64. The van der Waals surface area contributed by atoms with Gasteiger partial charge in [-0.05, 0) is 31.1 Å². The topological polar surface area (TPSA) is 90.1 Å². The van der Waals surface area contributed by atoms with Crippen molar-refractivity contribution in [3.63, 3.8) is 0 Å². The number of ether oxygens (including phenoxy) is 1. The van der Waals surface area contributed by atoms with Crippen LogP contribution in [0.25, 0.3) is 21.1 Å². The van der Waals surface area contributed by atoms with Gasteiger partial charge in [0.05, 0.1) is 21.8 Å². The van der Waals surface area contributed by atoms with Gasteiger partial charge in [-0.15, -0.1) is 11.3 Å². The van der Waals surface area contributed by atoms with E-state index in [1.54, 1.807) is 11.3 Å². The number of nitrogens with one attached hydrogen (secondary N) is 1. The van der Waals surface area contributed by atoms with Crippen molar-refractivity contribution in [2.75, 3.05) is 18.9 Å². The number of anilines is 1. The second kappa shape index (κ2) is 7.48. The highest BCUT2D eigenvalue weighted by Crippen LogP contribution is 2.34. The normalized spacial score (nSPS) is 10.9. The van der Waals surface area contributed by atoms with Crippen molar-refractivity contribution in [3.8, 4) is 5.75 Å². The fraction of sp³-hybridized carbons (Fsp3) is 0.278. The van der Waals surface area contributed by atoms with Gasteiger partial charge in [0.25, 0.3) is 0 Å². The van der Waals surface area contributed by atoms with Crippen LogP contribution in [0.5, 0.6) is 5.75 Å². The monoisotopic (exact) mass is 356 g/mol. The van der Waals surface area contributed by atoms with Gasteiger partial charge in [0.15, 0.2) is 5.82 Å². The van der Waals surface area contributed by atoms with Gasteiger partial charge in [-0.3, -0.25) is 4.79 Å². The van der Waals surface area contributed by atoms with E-state index in [4.69, 9.17) is 10.5 Å². The van der Waals surface area contributed by atoms with Gasteiger partial charge in [0, 0.05) is 11.5 Å². The number of nitrogens with two attached hydrogens (primary N) is 1. The van der Waals surface area contributed by atoms with E-state index >= 15 is 0 Å². The highest BCUT2D eigenvalue weighted by molar-refractivity contribution is 7.19. The average Bonchev–Trinajstić information content (AvgIpc) is 3.03. The maximum absolute atomic E-state index is 11.1. The Bertz CT molecular complexity index is 936. The SMILES string of the molecule is C=CC(=O)NCCOc1ccc2c(c1)nc(N)c1nc(CCC)sc12. The molecule has 0 bridgehead atoms. The van der Waals surface area contributed by atoms with Crippen LogP contribution in [0.2, 0.25) is 0 Å². The number of pyridine rings is 1. The number of aryl methyl sites for hydroxylation is 1. The predicted molar refractivity (Wildman–Crippen MR) is 102 cm³/mol. The molecule has 2 aromatic heterocycles. The minimum absolute atomic E-state index is 0.216. The molecule has 0 aliphatic heterocycles. The molecule has 3 aromatic rings. The number of hydrogen-bond donors (Lipinski definition) is 2. The fourth-order valence-corrected chi connectivity index (χ4v) is 3.73. The standard InChI is InChI=1S/C18H20N4O2S/c1-3-5-15-22-16-17(25-15)12-7-6-11(10-13(12)21-18(16)19)24-9-8-20-14(23)4-2/h4,6-7,10H,2-3,5,8-9H2,1H3,(H2,19,21)(H,20,23). The summed E-state index contributed by atoms with van der Waals surface area (Å²) >= 11 is 1.67. The minimum Gasteiger partial charge on any atom is -0.492 e. The lowest BCUT2D eigenvalue weighted by atomic mass is 10.2. The number of rotatable bonds is 7. The van der Waals surface area contributed by atoms with E-state index in [0.29, 0.717) is 24.7 Å². The van der Waals surface area contributed by atoms with Gasteiger partial charge >= 0.3 is 0 Å². The number of aromatic nitrogens is 2. The zero-order valence-electron chi connectivity index (χ0n) is 14.0. The fourth-order valence-electron chi connectivity index (χ4n) is 2.53. The van der Waals surface area contributed by atoms with E-state index in [9.17, 15) is 4.79 Å². The summed E-state index contributed by atoms with van der Waals surface area (Å²) in [6.07, 6.45) is 3.22. The summed E-state index contributed by atoms with van der Waals surface area (Å²) < 4.78 is 6.73. The molecule has 7 heteroatoms. The first-order chi connectivity index (χ1) is 12.1. The number of carbonyl (C=O) groups is 1. The number of carbonyl (C=O) groups excluding carboxylic acids is 1. The molecule has 0 aliphatic rings. The molecule has 0 saturated carbocycles. The highest BCUT2D eigenvalue weighted by atomic mass is 32.1. The van der Waals surface area contributed by atoms with Gasteiger partial charge in [0.1, 0.15) is 17.9 Å². The van der Waals surface area contributed by atoms with E-state index in [1.807, 2.05) is 18.2 Å². The molecule has 0 spiro atoms. The Morgan fingerprint density at radius 1 is 1.44 bits per heavy atom. The van der Waals surface area contributed by atoms with Crippen LogP contribution in [0.3, 0.4) is 0 Å². The molecule has 0 atom stereocenters. The number of benzene rings is 1. The molecule has 0 aliphatic carbocycles. The van der Waals surface area contributed by atoms with E-state index in [1.165, 1.54) is 6.08 Å². The zero-order valence-corrected chi connectivity index (χ0v) is 14.9. The molecule has 0 saturated heterocycles. The van der Waals surface area contributed by atoms with Gasteiger partial charge < -0.3 is 15.8 Å². The smallest absolute Gasteiger partial charge is 0.243 e. The summed E-state index contributed by atoms with van der Waals surface area (Å²) in [7, 11) is 0. The summed E-state index contributed by atoms with van der Waals surface area (Å²) in [4.78, 5) is 20.2.